The van der Waals surface area contributed by atoms with E-state index in [1.807, 2.05) is 0 Å². The highest BCUT2D eigenvalue weighted by molar-refractivity contribution is 6.30. The molecule has 0 fully saturated rings. The van der Waals surface area contributed by atoms with Gasteiger partial charge in [0.15, 0.2) is 0 Å². The molecular formula is C14H10ClN3O2. The highest BCUT2D eigenvalue weighted by Gasteiger charge is 2.11. The Hall–Kier alpha value is -2.40. The molecule has 6 heteroatoms. The van der Waals surface area contributed by atoms with Gasteiger partial charge in [-0.2, -0.15) is 0 Å². The summed E-state index contributed by atoms with van der Waals surface area (Å²) in [6, 6.07) is 10.3. The Morgan fingerprint density at radius 2 is 1.70 bits per heavy atom. The highest BCUT2D eigenvalue weighted by atomic mass is 35.5. The van der Waals surface area contributed by atoms with Crippen molar-refractivity contribution in [3.8, 4) is 22.9 Å². The maximum Gasteiger partial charge on any atom is 0.251 e. The molecule has 1 aromatic carbocycles. The third kappa shape index (κ3) is 2.35. The third-order valence-electron chi connectivity index (χ3n) is 2.87. The molecule has 0 N–H and O–H groups in total. The Morgan fingerprint density at radius 3 is 2.35 bits per heavy atom. The molecule has 0 radical (unpaired) electrons. The average Bonchev–Trinajstić information content (AvgIpc) is 2.92. The van der Waals surface area contributed by atoms with Crippen molar-refractivity contribution in [2.75, 3.05) is 0 Å². The molecule has 0 saturated heterocycles. The van der Waals surface area contributed by atoms with Crippen molar-refractivity contribution >= 4 is 11.6 Å². The van der Waals surface area contributed by atoms with Crippen molar-refractivity contribution in [1.29, 1.82) is 0 Å². The SMILES string of the molecule is Cn1ccc(-c2nnc(-c3ccc(Cl)cc3)o2)cc1=O. The molecule has 0 atom stereocenters. The van der Waals surface area contributed by atoms with Crippen LogP contribution in [0, 0.1) is 0 Å². The minimum Gasteiger partial charge on any atom is -0.416 e. The first-order valence-electron chi connectivity index (χ1n) is 5.90. The van der Waals surface area contributed by atoms with Crippen LogP contribution in [0.15, 0.2) is 51.8 Å². The van der Waals surface area contributed by atoms with Crippen molar-refractivity contribution in [2.45, 2.75) is 0 Å². The van der Waals surface area contributed by atoms with Gasteiger partial charge in [-0.15, -0.1) is 10.2 Å². The van der Waals surface area contributed by atoms with Gasteiger partial charge in [-0.1, -0.05) is 11.6 Å². The van der Waals surface area contributed by atoms with Gasteiger partial charge in [0.2, 0.25) is 11.8 Å². The van der Waals surface area contributed by atoms with E-state index >= 15 is 0 Å². The van der Waals surface area contributed by atoms with Gasteiger partial charge in [0.1, 0.15) is 0 Å². The zero-order valence-electron chi connectivity index (χ0n) is 10.6. The first-order chi connectivity index (χ1) is 9.63. The molecule has 20 heavy (non-hydrogen) atoms. The molecule has 0 aliphatic rings. The normalized spacial score (nSPS) is 10.7. The number of benzene rings is 1. The van der Waals surface area contributed by atoms with E-state index in [-0.39, 0.29) is 5.56 Å². The van der Waals surface area contributed by atoms with E-state index in [0.29, 0.717) is 22.4 Å². The van der Waals surface area contributed by atoms with Gasteiger partial charge in [0, 0.05) is 35.5 Å². The molecule has 2 aromatic heterocycles. The Morgan fingerprint density at radius 1 is 1.05 bits per heavy atom. The van der Waals surface area contributed by atoms with Gasteiger partial charge in [0.25, 0.3) is 5.56 Å². The van der Waals surface area contributed by atoms with E-state index in [0.717, 1.165) is 5.56 Å². The zero-order valence-corrected chi connectivity index (χ0v) is 11.3. The molecule has 0 aliphatic heterocycles. The molecule has 0 unspecified atom stereocenters. The van der Waals surface area contributed by atoms with Crippen molar-refractivity contribution in [2.24, 2.45) is 7.05 Å². The van der Waals surface area contributed by atoms with Gasteiger partial charge in [-0.3, -0.25) is 4.79 Å². The predicted molar refractivity (Wildman–Crippen MR) is 75.4 cm³/mol. The summed E-state index contributed by atoms with van der Waals surface area (Å²) in [5.74, 6) is 0.699. The Bertz CT molecular complexity index is 806. The lowest BCUT2D eigenvalue weighted by atomic mass is 10.2. The van der Waals surface area contributed by atoms with E-state index in [1.165, 1.54) is 10.6 Å². The summed E-state index contributed by atoms with van der Waals surface area (Å²) in [5.41, 5.74) is 1.24. The van der Waals surface area contributed by atoms with Gasteiger partial charge < -0.3 is 8.98 Å². The molecule has 2 heterocycles. The number of hydrogen-bond donors (Lipinski definition) is 0. The number of aromatic nitrogens is 3. The Kier molecular flexibility index (Phi) is 3.12. The minimum atomic E-state index is -0.131. The molecule has 3 aromatic rings. The van der Waals surface area contributed by atoms with Crippen LogP contribution in [0.25, 0.3) is 22.9 Å². The monoisotopic (exact) mass is 287 g/mol. The number of nitrogens with zero attached hydrogens (tertiary/aromatic N) is 3. The summed E-state index contributed by atoms with van der Waals surface area (Å²) >= 11 is 5.83. The largest absolute Gasteiger partial charge is 0.416 e. The van der Waals surface area contributed by atoms with Gasteiger partial charge in [-0.25, -0.2) is 0 Å². The first kappa shape index (κ1) is 12.6. The minimum absolute atomic E-state index is 0.131. The van der Waals surface area contributed by atoms with Gasteiger partial charge in [0.05, 0.1) is 0 Å². The average molecular weight is 288 g/mol. The first-order valence-corrected chi connectivity index (χ1v) is 6.28. The van der Waals surface area contributed by atoms with E-state index < -0.39 is 0 Å². The molecule has 100 valence electrons. The second-order valence-corrected chi connectivity index (χ2v) is 4.72. The van der Waals surface area contributed by atoms with Gasteiger partial charge >= 0.3 is 0 Å². The zero-order chi connectivity index (χ0) is 14.1. The number of hydrogen-bond acceptors (Lipinski definition) is 4. The summed E-state index contributed by atoms with van der Waals surface area (Å²) in [4.78, 5) is 11.6. The lowest BCUT2D eigenvalue weighted by molar-refractivity contribution is 0.584. The van der Waals surface area contributed by atoms with Crippen molar-refractivity contribution in [3.63, 3.8) is 0 Å². The summed E-state index contributed by atoms with van der Waals surface area (Å²) in [6.45, 7) is 0. The van der Waals surface area contributed by atoms with Crippen molar-refractivity contribution in [3.05, 3.63) is 58.0 Å². The maximum absolute atomic E-state index is 11.6. The Labute approximate surface area is 119 Å². The molecule has 5 nitrogen and oxygen atoms in total. The molecule has 0 bridgehead atoms. The number of halogens is 1. The molecule has 0 spiro atoms. The fraction of sp³-hybridized carbons (Fsp3) is 0.0714. The van der Waals surface area contributed by atoms with Crippen LogP contribution in [0.4, 0.5) is 0 Å². The van der Waals surface area contributed by atoms with Crippen molar-refractivity contribution < 1.29 is 4.42 Å². The lowest BCUT2D eigenvalue weighted by Gasteiger charge is -1.97. The quantitative estimate of drug-likeness (QED) is 0.727. The van der Waals surface area contributed by atoms with Crippen LogP contribution in [0.3, 0.4) is 0 Å². The smallest absolute Gasteiger partial charge is 0.251 e. The van der Waals surface area contributed by atoms with E-state index in [1.54, 1.807) is 43.6 Å². The number of rotatable bonds is 2. The maximum atomic E-state index is 11.6. The van der Waals surface area contributed by atoms with Crippen LogP contribution in [-0.2, 0) is 7.05 Å². The van der Waals surface area contributed by atoms with Gasteiger partial charge in [-0.05, 0) is 30.3 Å². The predicted octanol–water partition coefficient (Wildman–Crippen LogP) is 2.76. The summed E-state index contributed by atoms with van der Waals surface area (Å²) in [7, 11) is 1.68. The lowest BCUT2D eigenvalue weighted by Crippen LogP contribution is -2.14. The topological polar surface area (TPSA) is 60.9 Å². The fourth-order valence-electron chi connectivity index (χ4n) is 1.73. The van der Waals surface area contributed by atoms with Crippen molar-refractivity contribution in [1.82, 2.24) is 14.8 Å². The second kappa shape index (κ2) is 4.94. The van der Waals surface area contributed by atoms with Crippen LogP contribution in [0.5, 0.6) is 0 Å². The third-order valence-corrected chi connectivity index (χ3v) is 3.12. The van der Waals surface area contributed by atoms with Crippen LogP contribution < -0.4 is 5.56 Å². The molecule has 0 amide bonds. The highest BCUT2D eigenvalue weighted by Crippen LogP contribution is 2.24. The van der Waals surface area contributed by atoms with Crippen LogP contribution in [0.1, 0.15) is 0 Å². The molecule has 3 rings (SSSR count). The summed E-state index contributed by atoms with van der Waals surface area (Å²) in [6.07, 6.45) is 1.66. The summed E-state index contributed by atoms with van der Waals surface area (Å²) < 4.78 is 7.05. The van der Waals surface area contributed by atoms with E-state index in [9.17, 15) is 4.79 Å². The molecule has 0 aliphatic carbocycles. The number of pyridine rings is 1. The van der Waals surface area contributed by atoms with Crippen LogP contribution in [0.2, 0.25) is 5.02 Å². The standard InChI is InChI=1S/C14H10ClN3O2/c1-18-7-6-10(8-12(18)19)14-17-16-13(20-14)9-2-4-11(15)5-3-9/h2-8H,1H3. The molecule has 0 saturated carbocycles. The van der Waals surface area contributed by atoms with Crippen LogP contribution in [-0.4, -0.2) is 14.8 Å². The molecular weight excluding hydrogens is 278 g/mol. The summed E-state index contributed by atoms with van der Waals surface area (Å²) in [5, 5.41) is 8.57. The fourth-order valence-corrected chi connectivity index (χ4v) is 1.86. The Balaban J connectivity index is 1.99. The van der Waals surface area contributed by atoms with E-state index in [2.05, 4.69) is 10.2 Å². The van der Waals surface area contributed by atoms with Crippen LogP contribution >= 0.6 is 11.6 Å². The second-order valence-electron chi connectivity index (χ2n) is 4.28. The number of aryl methyl sites for hydroxylation is 1. The van der Waals surface area contributed by atoms with E-state index in [4.69, 9.17) is 16.0 Å².